The first-order valence-electron chi connectivity index (χ1n) is 7.95. The number of rotatable bonds is 5. The van der Waals surface area contributed by atoms with Gasteiger partial charge in [-0.2, -0.15) is 5.10 Å². The van der Waals surface area contributed by atoms with Gasteiger partial charge in [-0.1, -0.05) is 11.8 Å². The Bertz CT molecular complexity index is 659. The molecular formula is C16H22N4OS2. The van der Waals surface area contributed by atoms with Crippen LogP contribution in [-0.2, 0) is 4.79 Å². The van der Waals surface area contributed by atoms with Crippen molar-refractivity contribution in [3.63, 3.8) is 0 Å². The van der Waals surface area contributed by atoms with Gasteiger partial charge in [0.1, 0.15) is 0 Å². The zero-order valence-electron chi connectivity index (χ0n) is 13.5. The highest BCUT2D eigenvalue weighted by Gasteiger charge is 2.23. The Labute approximate surface area is 144 Å². The molecule has 2 heterocycles. The smallest absolute Gasteiger partial charge is 0.230 e. The Morgan fingerprint density at radius 3 is 2.78 bits per heavy atom. The summed E-state index contributed by atoms with van der Waals surface area (Å²) in [6.45, 7) is 4.04. The molecule has 2 aromatic heterocycles. The van der Waals surface area contributed by atoms with Crippen molar-refractivity contribution in [1.82, 2.24) is 20.1 Å². The van der Waals surface area contributed by atoms with E-state index in [1.54, 1.807) is 11.3 Å². The van der Waals surface area contributed by atoms with Gasteiger partial charge in [0.05, 0.1) is 18.0 Å². The van der Waals surface area contributed by atoms with Gasteiger partial charge in [0.2, 0.25) is 5.91 Å². The fourth-order valence-corrected chi connectivity index (χ4v) is 4.57. The number of carbonyl (C=O) groups excluding carboxylic acids is 1. The summed E-state index contributed by atoms with van der Waals surface area (Å²) in [5.41, 5.74) is 2.22. The molecule has 0 saturated heterocycles. The van der Waals surface area contributed by atoms with Crippen molar-refractivity contribution in [2.45, 2.75) is 56.0 Å². The summed E-state index contributed by atoms with van der Waals surface area (Å²) in [6, 6.07) is 0.776. The lowest BCUT2D eigenvalue weighted by Crippen LogP contribution is -2.38. The maximum atomic E-state index is 12.1. The monoisotopic (exact) mass is 350 g/mol. The average molecular weight is 351 g/mol. The molecule has 5 nitrogen and oxygen atoms in total. The standard InChI is InChI=1S/C16H22N4OS2/c1-11-7-17-20(8-11)14-5-3-13(4-6-14)19-15(21)10-23-16-18-12(2)9-22-16/h7-9,13-14H,3-6,10H2,1-2H3,(H,19,21). The molecule has 7 heteroatoms. The number of thiazole rings is 1. The lowest BCUT2D eigenvalue weighted by atomic mass is 9.91. The minimum absolute atomic E-state index is 0.112. The third-order valence-electron chi connectivity index (χ3n) is 4.09. The number of nitrogens with one attached hydrogen (secondary N) is 1. The predicted octanol–water partition coefficient (Wildman–Crippen LogP) is 3.35. The number of hydrogen-bond acceptors (Lipinski definition) is 5. The predicted molar refractivity (Wildman–Crippen MR) is 94.0 cm³/mol. The molecule has 1 aliphatic rings. The van der Waals surface area contributed by atoms with Crippen LogP contribution in [0.25, 0.3) is 0 Å². The Morgan fingerprint density at radius 1 is 1.39 bits per heavy atom. The molecule has 1 saturated carbocycles. The van der Waals surface area contributed by atoms with E-state index < -0.39 is 0 Å². The Balaban J connectivity index is 1.40. The van der Waals surface area contributed by atoms with Crippen molar-refractivity contribution in [3.8, 4) is 0 Å². The van der Waals surface area contributed by atoms with Gasteiger partial charge in [-0.15, -0.1) is 11.3 Å². The number of aryl methyl sites for hydroxylation is 2. The third-order valence-corrected chi connectivity index (χ3v) is 6.23. The van der Waals surface area contributed by atoms with Crippen LogP contribution in [0, 0.1) is 13.8 Å². The second kappa shape index (κ2) is 7.49. The van der Waals surface area contributed by atoms with E-state index in [-0.39, 0.29) is 5.91 Å². The van der Waals surface area contributed by atoms with Gasteiger partial charge in [-0.25, -0.2) is 4.98 Å². The number of nitrogens with zero attached hydrogens (tertiary/aromatic N) is 3. The topological polar surface area (TPSA) is 59.8 Å². The van der Waals surface area contributed by atoms with Crippen LogP contribution in [-0.4, -0.2) is 32.5 Å². The number of thioether (sulfide) groups is 1. The summed E-state index contributed by atoms with van der Waals surface area (Å²) in [5, 5.41) is 9.58. The minimum atomic E-state index is 0.112. The molecule has 124 valence electrons. The molecule has 1 amide bonds. The molecule has 0 aromatic carbocycles. The molecule has 2 aromatic rings. The summed E-state index contributed by atoms with van der Waals surface area (Å²) in [6.07, 6.45) is 8.21. The summed E-state index contributed by atoms with van der Waals surface area (Å²) < 4.78 is 3.05. The summed E-state index contributed by atoms with van der Waals surface area (Å²) in [7, 11) is 0. The van der Waals surface area contributed by atoms with E-state index in [1.165, 1.54) is 17.3 Å². The van der Waals surface area contributed by atoms with E-state index in [0.717, 1.165) is 35.7 Å². The average Bonchev–Trinajstić information content (AvgIpc) is 3.15. The number of aromatic nitrogens is 3. The molecule has 1 N–H and O–H groups in total. The highest BCUT2D eigenvalue weighted by atomic mass is 32.2. The second-order valence-corrected chi connectivity index (χ2v) is 8.19. The minimum Gasteiger partial charge on any atom is -0.353 e. The van der Waals surface area contributed by atoms with Crippen molar-refractivity contribution in [1.29, 1.82) is 0 Å². The van der Waals surface area contributed by atoms with Crippen molar-refractivity contribution in [2.24, 2.45) is 0 Å². The fourth-order valence-electron chi connectivity index (χ4n) is 2.91. The molecular weight excluding hydrogens is 328 g/mol. The zero-order valence-corrected chi connectivity index (χ0v) is 15.1. The largest absolute Gasteiger partial charge is 0.353 e. The van der Waals surface area contributed by atoms with Gasteiger partial charge in [0, 0.05) is 23.3 Å². The van der Waals surface area contributed by atoms with Gasteiger partial charge in [-0.3, -0.25) is 9.48 Å². The van der Waals surface area contributed by atoms with Crippen molar-refractivity contribution in [3.05, 3.63) is 29.0 Å². The highest BCUT2D eigenvalue weighted by Crippen LogP contribution is 2.28. The summed E-state index contributed by atoms with van der Waals surface area (Å²) in [4.78, 5) is 16.4. The molecule has 0 unspecified atom stereocenters. The summed E-state index contributed by atoms with van der Waals surface area (Å²) >= 11 is 3.12. The lowest BCUT2D eigenvalue weighted by molar-refractivity contribution is -0.119. The van der Waals surface area contributed by atoms with Crippen LogP contribution in [0.5, 0.6) is 0 Å². The van der Waals surface area contributed by atoms with E-state index in [0.29, 0.717) is 17.8 Å². The number of amides is 1. The van der Waals surface area contributed by atoms with Gasteiger partial charge in [-0.05, 0) is 45.1 Å². The first kappa shape index (κ1) is 16.5. The zero-order chi connectivity index (χ0) is 16.2. The molecule has 23 heavy (non-hydrogen) atoms. The molecule has 0 aliphatic heterocycles. The quantitative estimate of drug-likeness (QED) is 0.840. The van der Waals surface area contributed by atoms with Crippen molar-refractivity contribution < 1.29 is 4.79 Å². The Kier molecular flexibility index (Phi) is 5.38. The maximum Gasteiger partial charge on any atom is 0.230 e. The summed E-state index contributed by atoms with van der Waals surface area (Å²) in [5.74, 6) is 0.562. The van der Waals surface area contributed by atoms with E-state index in [9.17, 15) is 4.79 Å². The van der Waals surface area contributed by atoms with Crippen LogP contribution in [0.15, 0.2) is 22.1 Å². The number of carbonyl (C=O) groups is 1. The van der Waals surface area contributed by atoms with Crippen LogP contribution >= 0.6 is 23.1 Å². The van der Waals surface area contributed by atoms with Gasteiger partial charge in [0.25, 0.3) is 0 Å². The molecule has 1 aliphatic carbocycles. The molecule has 0 radical (unpaired) electrons. The van der Waals surface area contributed by atoms with E-state index in [2.05, 4.69) is 33.2 Å². The highest BCUT2D eigenvalue weighted by molar-refractivity contribution is 8.01. The van der Waals surface area contributed by atoms with Crippen LogP contribution < -0.4 is 5.32 Å². The van der Waals surface area contributed by atoms with E-state index in [4.69, 9.17) is 0 Å². The lowest BCUT2D eigenvalue weighted by Gasteiger charge is -2.29. The second-order valence-electron chi connectivity index (χ2n) is 6.11. The first-order chi connectivity index (χ1) is 11.1. The van der Waals surface area contributed by atoms with Crippen LogP contribution in [0.1, 0.15) is 43.0 Å². The molecule has 0 bridgehead atoms. The normalized spacial score (nSPS) is 21.3. The molecule has 0 atom stereocenters. The van der Waals surface area contributed by atoms with E-state index in [1.807, 2.05) is 18.5 Å². The number of hydrogen-bond donors (Lipinski definition) is 1. The third kappa shape index (κ3) is 4.57. The van der Waals surface area contributed by atoms with Crippen LogP contribution in [0.3, 0.4) is 0 Å². The fraction of sp³-hybridized carbons (Fsp3) is 0.562. The molecule has 0 spiro atoms. The Morgan fingerprint density at radius 2 is 2.17 bits per heavy atom. The van der Waals surface area contributed by atoms with E-state index >= 15 is 0 Å². The SMILES string of the molecule is Cc1cnn(C2CCC(NC(=O)CSc3nc(C)cs3)CC2)c1. The Hall–Kier alpha value is -1.34. The van der Waals surface area contributed by atoms with Crippen LogP contribution in [0.2, 0.25) is 0 Å². The van der Waals surface area contributed by atoms with Crippen molar-refractivity contribution in [2.75, 3.05) is 5.75 Å². The van der Waals surface area contributed by atoms with Crippen LogP contribution in [0.4, 0.5) is 0 Å². The molecule has 1 fully saturated rings. The van der Waals surface area contributed by atoms with Gasteiger partial charge in [0.15, 0.2) is 4.34 Å². The first-order valence-corrected chi connectivity index (χ1v) is 9.82. The van der Waals surface area contributed by atoms with Crippen molar-refractivity contribution >= 4 is 29.0 Å². The van der Waals surface area contributed by atoms with Gasteiger partial charge >= 0.3 is 0 Å². The maximum absolute atomic E-state index is 12.1. The molecule has 3 rings (SSSR count). The van der Waals surface area contributed by atoms with Gasteiger partial charge < -0.3 is 5.32 Å².